The smallest absolute Gasteiger partial charge is 0.105 e. The van der Waals surface area contributed by atoms with E-state index in [0.29, 0.717) is 6.54 Å². The molecule has 5 nitrogen and oxygen atoms in total. The quantitative estimate of drug-likeness (QED) is 0.787. The van der Waals surface area contributed by atoms with Crippen molar-refractivity contribution in [1.82, 2.24) is 20.0 Å². The lowest BCUT2D eigenvalue weighted by atomic mass is 10.1. The zero-order valence-electron chi connectivity index (χ0n) is 11.2. The van der Waals surface area contributed by atoms with Crippen LogP contribution >= 0.6 is 0 Å². The first kappa shape index (κ1) is 12.5. The highest BCUT2D eigenvalue weighted by Crippen LogP contribution is 2.24. The molecule has 0 spiro atoms. The fourth-order valence-corrected chi connectivity index (χ4v) is 2.12. The molecule has 0 aliphatic carbocycles. The van der Waals surface area contributed by atoms with E-state index in [1.54, 1.807) is 12.4 Å². The monoisotopic (exact) mass is 265 g/mol. The van der Waals surface area contributed by atoms with Crippen LogP contribution in [0.5, 0.6) is 0 Å². The van der Waals surface area contributed by atoms with Crippen LogP contribution in [0.15, 0.2) is 48.8 Å². The van der Waals surface area contributed by atoms with E-state index >= 15 is 0 Å². The Morgan fingerprint density at radius 3 is 2.40 bits per heavy atom. The first-order chi connectivity index (χ1) is 9.79. The number of nitrogens with two attached hydrogens (primary N) is 1. The first-order valence-electron chi connectivity index (χ1n) is 6.41. The van der Waals surface area contributed by atoms with Gasteiger partial charge in [0.25, 0.3) is 0 Å². The SMILES string of the molecule is Cc1ccc(-n2nnc(CN)c2-c2ccncc2)cc1. The highest BCUT2D eigenvalue weighted by Gasteiger charge is 2.14. The summed E-state index contributed by atoms with van der Waals surface area (Å²) in [6, 6.07) is 12.0. The van der Waals surface area contributed by atoms with Crippen molar-refractivity contribution in [2.24, 2.45) is 5.73 Å². The Morgan fingerprint density at radius 1 is 1.05 bits per heavy atom. The minimum absolute atomic E-state index is 0.351. The van der Waals surface area contributed by atoms with E-state index in [1.165, 1.54) is 5.56 Å². The van der Waals surface area contributed by atoms with Gasteiger partial charge in [-0.1, -0.05) is 22.9 Å². The fraction of sp³-hybridized carbons (Fsp3) is 0.133. The molecule has 2 N–H and O–H groups in total. The molecule has 20 heavy (non-hydrogen) atoms. The van der Waals surface area contributed by atoms with Gasteiger partial charge in [0.05, 0.1) is 11.4 Å². The molecule has 0 fully saturated rings. The van der Waals surface area contributed by atoms with Gasteiger partial charge in [0.15, 0.2) is 0 Å². The van der Waals surface area contributed by atoms with Crippen LogP contribution in [0, 0.1) is 6.92 Å². The van der Waals surface area contributed by atoms with Gasteiger partial charge in [-0.05, 0) is 31.2 Å². The van der Waals surface area contributed by atoms with Gasteiger partial charge in [0.1, 0.15) is 5.69 Å². The maximum atomic E-state index is 5.77. The molecular weight excluding hydrogens is 250 g/mol. The second-order valence-corrected chi connectivity index (χ2v) is 4.57. The van der Waals surface area contributed by atoms with E-state index < -0.39 is 0 Å². The Balaban J connectivity index is 2.17. The minimum Gasteiger partial charge on any atom is -0.325 e. The van der Waals surface area contributed by atoms with Crippen LogP contribution < -0.4 is 5.73 Å². The molecule has 100 valence electrons. The third-order valence-corrected chi connectivity index (χ3v) is 3.17. The molecule has 0 amide bonds. The van der Waals surface area contributed by atoms with Gasteiger partial charge < -0.3 is 5.73 Å². The Hall–Kier alpha value is -2.53. The van der Waals surface area contributed by atoms with Crippen molar-refractivity contribution in [2.45, 2.75) is 13.5 Å². The van der Waals surface area contributed by atoms with E-state index in [0.717, 1.165) is 22.6 Å². The third kappa shape index (κ3) is 2.19. The molecule has 0 unspecified atom stereocenters. The molecule has 1 aromatic carbocycles. The van der Waals surface area contributed by atoms with Gasteiger partial charge in [0.2, 0.25) is 0 Å². The van der Waals surface area contributed by atoms with Crippen LogP contribution in [0.25, 0.3) is 16.9 Å². The maximum absolute atomic E-state index is 5.77. The zero-order chi connectivity index (χ0) is 13.9. The number of nitrogens with zero attached hydrogens (tertiary/aromatic N) is 4. The Labute approximate surface area is 117 Å². The van der Waals surface area contributed by atoms with Crippen LogP contribution in [0.2, 0.25) is 0 Å². The van der Waals surface area contributed by atoms with Gasteiger partial charge >= 0.3 is 0 Å². The molecule has 2 aromatic heterocycles. The summed E-state index contributed by atoms with van der Waals surface area (Å²) in [4.78, 5) is 4.04. The van der Waals surface area contributed by atoms with Crippen molar-refractivity contribution in [3.63, 3.8) is 0 Å². The summed E-state index contributed by atoms with van der Waals surface area (Å²) in [6.07, 6.45) is 3.50. The second kappa shape index (κ2) is 5.22. The topological polar surface area (TPSA) is 69.6 Å². The summed E-state index contributed by atoms with van der Waals surface area (Å²) >= 11 is 0. The number of pyridine rings is 1. The largest absolute Gasteiger partial charge is 0.325 e. The van der Waals surface area contributed by atoms with E-state index in [2.05, 4.69) is 34.4 Å². The minimum atomic E-state index is 0.351. The standard InChI is InChI=1S/C15H15N5/c1-11-2-4-13(5-3-11)20-15(14(10-16)18-19-20)12-6-8-17-9-7-12/h2-9H,10,16H2,1H3. The van der Waals surface area contributed by atoms with Crippen LogP contribution in [-0.2, 0) is 6.54 Å². The highest BCUT2D eigenvalue weighted by atomic mass is 15.4. The highest BCUT2D eigenvalue weighted by molar-refractivity contribution is 5.63. The van der Waals surface area contributed by atoms with E-state index in [-0.39, 0.29) is 0 Å². The van der Waals surface area contributed by atoms with E-state index in [1.807, 2.05) is 28.9 Å². The molecular formula is C15H15N5. The molecule has 0 radical (unpaired) electrons. The molecule has 0 bridgehead atoms. The summed E-state index contributed by atoms with van der Waals surface area (Å²) in [5.41, 5.74) is 10.6. The number of hydrogen-bond donors (Lipinski definition) is 1. The lowest BCUT2D eigenvalue weighted by molar-refractivity contribution is 0.799. The van der Waals surface area contributed by atoms with Gasteiger partial charge in [-0.2, -0.15) is 0 Å². The summed E-state index contributed by atoms with van der Waals surface area (Å²) in [6.45, 7) is 2.41. The molecule has 3 rings (SSSR count). The first-order valence-corrected chi connectivity index (χ1v) is 6.41. The average Bonchev–Trinajstić information content (AvgIpc) is 2.93. The third-order valence-electron chi connectivity index (χ3n) is 3.17. The Bertz CT molecular complexity index is 701. The molecule has 2 heterocycles. The van der Waals surface area contributed by atoms with Crippen LogP contribution in [0.1, 0.15) is 11.3 Å². The molecule has 0 atom stereocenters. The maximum Gasteiger partial charge on any atom is 0.105 e. The number of aryl methyl sites for hydroxylation is 1. The van der Waals surface area contributed by atoms with Crippen molar-refractivity contribution in [3.05, 3.63) is 60.0 Å². The average molecular weight is 265 g/mol. The van der Waals surface area contributed by atoms with Crippen molar-refractivity contribution in [3.8, 4) is 16.9 Å². The summed E-state index contributed by atoms with van der Waals surface area (Å²) < 4.78 is 1.82. The molecule has 0 saturated carbocycles. The van der Waals surface area contributed by atoms with Crippen LogP contribution in [0.3, 0.4) is 0 Å². The number of aromatic nitrogens is 4. The predicted molar refractivity (Wildman–Crippen MR) is 77.2 cm³/mol. The lowest BCUT2D eigenvalue weighted by Crippen LogP contribution is -2.02. The van der Waals surface area contributed by atoms with Crippen molar-refractivity contribution in [1.29, 1.82) is 0 Å². The molecule has 0 aliphatic heterocycles. The van der Waals surface area contributed by atoms with Gasteiger partial charge in [0, 0.05) is 24.5 Å². The summed E-state index contributed by atoms with van der Waals surface area (Å²) in [5, 5.41) is 8.41. The van der Waals surface area contributed by atoms with Crippen LogP contribution in [0.4, 0.5) is 0 Å². The Morgan fingerprint density at radius 2 is 1.75 bits per heavy atom. The molecule has 5 heteroatoms. The van der Waals surface area contributed by atoms with Crippen molar-refractivity contribution >= 4 is 0 Å². The number of benzene rings is 1. The fourth-order valence-electron chi connectivity index (χ4n) is 2.12. The normalized spacial score (nSPS) is 10.7. The zero-order valence-corrected chi connectivity index (χ0v) is 11.2. The number of hydrogen-bond acceptors (Lipinski definition) is 4. The molecule has 3 aromatic rings. The van der Waals surface area contributed by atoms with Crippen LogP contribution in [-0.4, -0.2) is 20.0 Å². The van der Waals surface area contributed by atoms with Crippen molar-refractivity contribution < 1.29 is 0 Å². The molecule has 0 saturated heterocycles. The van der Waals surface area contributed by atoms with E-state index in [4.69, 9.17) is 5.73 Å². The summed E-state index contributed by atoms with van der Waals surface area (Å²) in [7, 11) is 0. The van der Waals surface area contributed by atoms with E-state index in [9.17, 15) is 0 Å². The molecule has 0 aliphatic rings. The Kier molecular flexibility index (Phi) is 3.26. The van der Waals surface area contributed by atoms with Gasteiger partial charge in [-0.3, -0.25) is 4.98 Å². The lowest BCUT2D eigenvalue weighted by Gasteiger charge is -2.08. The van der Waals surface area contributed by atoms with Gasteiger partial charge in [-0.25, -0.2) is 4.68 Å². The predicted octanol–water partition coefficient (Wildman–Crippen LogP) is 2.10. The van der Waals surface area contributed by atoms with Crippen molar-refractivity contribution in [2.75, 3.05) is 0 Å². The second-order valence-electron chi connectivity index (χ2n) is 4.57. The summed E-state index contributed by atoms with van der Waals surface area (Å²) in [5.74, 6) is 0. The van der Waals surface area contributed by atoms with Gasteiger partial charge in [-0.15, -0.1) is 5.10 Å². The number of rotatable bonds is 3.